The van der Waals surface area contributed by atoms with Crippen LogP contribution >= 0.6 is 0 Å². The molecule has 0 aromatic heterocycles. The molecule has 7 heteroatoms. The van der Waals surface area contributed by atoms with Crippen molar-refractivity contribution in [2.24, 2.45) is 0 Å². The second-order valence-corrected chi connectivity index (χ2v) is 9.02. The number of ether oxygens (including phenoxy) is 1. The van der Waals surface area contributed by atoms with Gasteiger partial charge in [-0.3, -0.25) is 4.79 Å². The smallest absolute Gasteiger partial charge is 0.343 e. The normalized spacial score (nSPS) is 10.9. The van der Waals surface area contributed by atoms with Gasteiger partial charge in [-0.2, -0.15) is 0 Å². The summed E-state index contributed by atoms with van der Waals surface area (Å²) >= 11 is 0. The topological polar surface area (TPSA) is 89.5 Å². The quantitative estimate of drug-likeness (QED) is 0.325. The average Bonchev–Trinajstić information content (AvgIpc) is 2.85. The number of carbonyl (C=O) groups excluding carboxylic acids is 2. The van der Waals surface area contributed by atoms with E-state index in [0.717, 1.165) is 0 Å². The van der Waals surface area contributed by atoms with Crippen LogP contribution in [0.5, 0.6) is 5.75 Å². The molecule has 4 aromatic carbocycles. The number of amides is 1. The summed E-state index contributed by atoms with van der Waals surface area (Å²) in [6.07, 6.45) is 0. The van der Waals surface area contributed by atoms with Gasteiger partial charge in [0.05, 0.1) is 15.4 Å². The molecule has 33 heavy (non-hydrogen) atoms. The van der Waals surface area contributed by atoms with E-state index in [4.69, 9.17) is 4.74 Å². The van der Waals surface area contributed by atoms with Crippen LogP contribution in [0.25, 0.3) is 0 Å². The van der Waals surface area contributed by atoms with E-state index in [9.17, 15) is 18.0 Å². The molecule has 0 spiro atoms. The molecule has 0 bridgehead atoms. The summed E-state index contributed by atoms with van der Waals surface area (Å²) in [5.74, 6) is -0.467. The molecule has 0 radical (unpaired) electrons. The molecule has 0 unspecified atom stereocenters. The molecule has 0 atom stereocenters. The van der Waals surface area contributed by atoms with Crippen molar-refractivity contribution in [3.05, 3.63) is 120 Å². The van der Waals surface area contributed by atoms with E-state index in [1.54, 1.807) is 66.7 Å². The Bertz CT molecular complexity index is 1370. The van der Waals surface area contributed by atoms with Crippen molar-refractivity contribution in [2.45, 2.75) is 9.79 Å². The van der Waals surface area contributed by atoms with E-state index in [0.29, 0.717) is 22.6 Å². The molecule has 0 heterocycles. The van der Waals surface area contributed by atoms with E-state index < -0.39 is 21.7 Å². The molecule has 0 saturated heterocycles. The minimum atomic E-state index is -3.65. The monoisotopic (exact) mass is 457 g/mol. The zero-order valence-corrected chi connectivity index (χ0v) is 18.2. The lowest BCUT2D eigenvalue weighted by Crippen LogP contribution is -2.13. The molecule has 0 aliphatic rings. The summed E-state index contributed by atoms with van der Waals surface area (Å²) in [5.41, 5.74) is 1.12. The second kappa shape index (κ2) is 9.50. The van der Waals surface area contributed by atoms with Gasteiger partial charge >= 0.3 is 5.97 Å². The molecule has 6 nitrogen and oxygen atoms in total. The number of hydrogen-bond donors (Lipinski definition) is 1. The predicted molar refractivity (Wildman–Crippen MR) is 124 cm³/mol. The van der Waals surface area contributed by atoms with Crippen molar-refractivity contribution >= 4 is 27.4 Å². The van der Waals surface area contributed by atoms with Crippen LogP contribution in [0.15, 0.2) is 119 Å². The molecule has 1 N–H and O–H groups in total. The highest BCUT2D eigenvalue weighted by molar-refractivity contribution is 7.91. The fourth-order valence-electron chi connectivity index (χ4n) is 3.07. The summed E-state index contributed by atoms with van der Waals surface area (Å²) < 4.78 is 30.6. The zero-order chi connectivity index (χ0) is 23.3. The Labute approximate surface area is 191 Å². The molecule has 1 amide bonds. The van der Waals surface area contributed by atoms with E-state index in [2.05, 4.69) is 5.32 Å². The molecule has 0 saturated carbocycles. The first kappa shape index (κ1) is 22.0. The van der Waals surface area contributed by atoms with Gasteiger partial charge in [0.15, 0.2) is 0 Å². The van der Waals surface area contributed by atoms with E-state index >= 15 is 0 Å². The first-order valence-electron chi connectivity index (χ1n) is 10.0. The van der Waals surface area contributed by atoms with Crippen LogP contribution in [0.2, 0.25) is 0 Å². The fraction of sp³-hybridized carbons (Fsp3) is 0. The van der Waals surface area contributed by atoms with Gasteiger partial charge in [-0.25, -0.2) is 13.2 Å². The summed E-state index contributed by atoms with van der Waals surface area (Å²) in [5, 5.41) is 2.72. The van der Waals surface area contributed by atoms with Crippen molar-refractivity contribution in [1.82, 2.24) is 0 Å². The summed E-state index contributed by atoms with van der Waals surface area (Å²) in [6, 6.07) is 28.8. The SMILES string of the molecule is O=C(Nc1ccc(C(=O)Oc2ccccc2)cc1)c1ccc(S(=O)(=O)c2ccccc2)cc1. The molecule has 0 aliphatic heterocycles. The number of sulfone groups is 1. The first-order chi connectivity index (χ1) is 15.9. The highest BCUT2D eigenvalue weighted by atomic mass is 32.2. The molecule has 0 aliphatic carbocycles. The minimum absolute atomic E-state index is 0.103. The first-order valence-corrected chi connectivity index (χ1v) is 11.5. The average molecular weight is 458 g/mol. The lowest BCUT2D eigenvalue weighted by molar-refractivity contribution is 0.0734. The maximum Gasteiger partial charge on any atom is 0.343 e. The Kier molecular flexibility index (Phi) is 6.33. The molecule has 4 aromatic rings. The van der Waals surface area contributed by atoms with Gasteiger partial charge in [-0.15, -0.1) is 0 Å². The molecular formula is C26H19NO5S. The van der Waals surface area contributed by atoms with Gasteiger partial charge in [0, 0.05) is 11.3 Å². The van der Waals surface area contributed by atoms with Crippen LogP contribution in [0.3, 0.4) is 0 Å². The lowest BCUT2D eigenvalue weighted by atomic mass is 10.2. The minimum Gasteiger partial charge on any atom is -0.423 e. The van der Waals surface area contributed by atoms with Gasteiger partial charge in [-0.05, 0) is 72.8 Å². The third-order valence-corrected chi connectivity index (χ3v) is 6.60. The Morgan fingerprint density at radius 1 is 0.606 bits per heavy atom. The van der Waals surface area contributed by atoms with Crippen molar-refractivity contribution < 1.29 is 22.7 Å². The number of para-hydroxylation sites is 1. The van der Waals surface area contributed by atoms with Crippen molar-refractivity contribution in [3.63, 3.8) is 0 Å². The standard InChI is InChI=1S/C26H19NO5S/c28-25(19-13-17-24(18-14-19)33(30,31)23-9-5-2-6-10-23)27-21-15-11-20(12-16-21)26(29)32-22-7-3-1-4-8-22/h1-18H,(H,27,28). The fourth-order valence-corrected chi connectivity index (χ4v) is 4.35. The Morgan fingerprint density at radius 2 is 1.12 bits per heavy atom. The Hall–Kier alpha value is -4.23. The zero-order valence-electron chi connectivity index (χ0n) is 17.3. The highest BCUT2D eigenvalue weighted by Crippen LogP contribution is 2.21. The molecule has 4 rings (SSSR count). The number of benzene rings is 4. The van der Waals surface area contributed by atoms with Gasteiger partial charge in [0.1, 0.15) is 5.75 Å². The van der Waals surface area contributed by atoms with Crippen molar-refractivity contribution in [2.75, 3.05) is 5.32 Å². The second-order valence-electron chi connectivity index (χ2n) is 7.07. The van der Waals surface area contributed by atoms with Crippen LogP contribution in [0.4, 0.5) is 5.69 Å². The van der Waals surface area contributed by atoms with Crippen molar-refractivity contribution in [1.29, 1.82) is 0 Å². The van der Waals surface area contributed by atoms with Gasteiger partial charge in [-0.1, -0.05) is 36.4 Å². The third kappa shape index (κ3) is 5.16. The number of carbonyl (C=O) groups is 2. The van der Waals surface area contributed by atoms with Crippen LogP contribution < -0.4 is 10.1 Å². The molecule has 164 valence electrons. The van der Waals surface area contributed by atoms with Gasteiger partial charge in [0.2, 0.25) is 9.84 Å². The van der Waals surface area contributed by atoms with E-state index in [-0.39, 0.29) is 9.79 Å². The van der Waals surface area contributed by atoms with E-state index in [1.807, 2.05) is 6.07 Å². The van der Waals surface area contributed by atoms with Crippen LogP contribution in [-0.2, 0) is 9.84 Å². The summed E-state index contributed by atoms with van der Waals surface area (Å²) in [4.78, 5) is 25.1. The third-order valence-electron chi connectivity index (χ3n) is 4.81. The predicted octanol–water partition coefficient (Wildman–Crippen LogP) is 4.99. The lowest BCUT2D eigenvalue weighted by Gasteiger charge is -2.08. The number of esters is 1. The molecule has 0 fully saturated rings. The summed E-state index contributed by atoms with van der Waals surface area (Å²) in [6.45, 7) is 0. The van der Waals surface area contributed by atoms with Crippen LogP contribution in [0.1, 0.15) is 20.7 Å². The number of nitrogens with one attached hydrogen (secondary N) is 1. The Balaban J connectivity index is 1.41. The van der Waals surface area contributed by atoms with Gasteiger partial charge in [0.25, 0.3) is 5.91 Å². The number of anilines is 1. The Morgan fingerprint density at radius 3 is 1.73 bits per heavy atom. The van der Waals surface area contributed by atoms with Crippen molar-refractivity contribution in [3.8, 4) is 5.75 Å². The number of rotatable bonds is 6. The largest absolute Gasteiger partial charge is 0.423 e. The number of hydrogen-bond acceptors (Lipinski definition) is 5. The van der Waals surface area contributed by atoms with Crippen LogP contribution in [0, 0.1) is 0 Å². The van der Waals surface area contributed by atoms with E-state index in [1.165, 1.54) is 36.4 Å². The van der Waals surface area contributed by atoms with Crippen LogP contribution in [-0.4, -0.2) is 20.3 Å². The van der Waals surface area contributed by atoms with Gasteiger partial charge < -0.3 is 10.1 Å². The highest BCUT2D eigenvalue weighted by Gasteiger charge is 2.18. The molecular weight excluding hydrogens is 438 g/mol. The maximum absolute atomic E-state index is 12.7. The maximum atomic E-state index is 12.7. The summed E-state index contributed by atoms with van der Waals surface area (Å²) in [7, 11) is -3.65.